The van der Waals surface area contributed by atoms with Gasteiger partial charge in [-0.15, -0.1) is 0 Å². The van der Waals surface area contributed by atoms with Gasteiger partial charge < -0.3 is 5.32 Å². The first-order chi connectivity index (χ1) is 8.74. The molecule has 0 saturated carbocycles. The van der Waals surface area contributed by atoms with Crippen molar-refractivity contribution < 1.29 is 9.18 Å². The van der Waals surface area contributed by atoms with Gasteiger partial charge in [-0.1, -0.05) is 6.42 Å². The minimum Gasteiger partial charge on any atom is -0.311 e. The summed E-state index contributed by atoms with van der Waals surface area (Å²) in [5.41, 5.74) is 0.204. The summed E-state index contributed by atoms with van der Waals surface area (Å²) in [6.45, 7) is 0. The van der Waals surface area contributed by atoms with Crippen LogP contribution in [0.5, 0.6) is 0 Å². The lowest BCUT2D eigenvalue weighted by atomic mass is 9.77. The predicted molar refractivity (Wildman–Crippen MR) is 65.8 cm³/mol. The van der Waals surface area contributed by atoms with Crippen molar-refractivity contribution in [2.24, 2.45) is 5.92 Å². The summed E-state index contributed by atoms with van der Waals surface area (Å²) in [5.74, 6) is -0.571. The highest BCUT2D eigenvalue weighted by Crippen LogP contribution is 2.31. The van der Waals surface area contributed by atoms with E-state index in [4.69, 9.17) is 0 Å². The number of fused-ring (bicyclic) bond motifs is 2. The topological polar surface area (TPSA) is 42.0 Å². The molecule has 4 heteroatoms. The van der Waals surface area contributed by atoms with Crippen LogP contribution in [0, 0.1) is 11.7 Å². The fourth-order valence-corrected chi connectivity index (χ4v) is 3.27. The third-order valence-corrected chi connectivity index (χ3v) is 4.12. The molecular formula is C14H17FN2O. The second-order valence-electron chi connectivity index (χ2n) is 5.38. The molecule has 0 amide bonds. The van der Waals surface area contributed by atoms with Crippen LogP contribution in [-0.2, 0) is 0 Å². The van der Waals surface area contributed by atoms with Crippen molar-refractivity contribution in [3.63, 3.8) is 0 Å². The molecule has 0 aromatic carbocycles. The van der Waals surface area contributed by atoms with E-state index < -0.39 is 5.82 Å². The minimum absolute atomic E-state index is 0.0292. The molecule has 1 N–H and O–H groups in total. The Hall–Kier alpha value is -1.29. The number of rotatable bonds is 2. The van der Waals surface area contributed by atoms with Gasteiger partial charge in [0, 0.05) is 24.2 Å². The normalized spacial score (nSPS) is 31.1. The Bertz CT molecular complexity index is 451. The molecule has 0 spiro atoms. The molecular weight excluding hydrogens is 231 g/mol. The number of pyridine rings is 1. The van der Waals surface area contributed by atoms with Crippen molar-refractivity contribution in [1.29, 1.82) is 0 Å². The van der Waals surface area contributed by atoms with Crippen LogP contribution < -0.4 is 5.32 Å². The van der Waals surface area contributed by atoms with Gasteiger partial charge in [0.15, 0.2) is 11.6 Å². The van der Waals surface area contributed by atoms with E-state index in [9.17, 15) is 9.18 Å². The van der Waals surface area contributed by atoms with Crippen molar-refractivity contribution in [3.8, 4) is 0 Å². The van der Waals surface area contributed by atoms with Gasteiger partial charge in [-0.3, -0.25) is 9.78 Å². The second kappa shape index (κ2) is 4.76. The first-order valence-corrected chi connectivity index (χ1v) is 6.64. The Morgan fingerprint density at radius 2 is 2.06 bits per heavy atom. The predicted octanol–water partition coefficient (Wildman–Crippen LogP) is 2.32. The number of hydrogen-bond donors (Lipinski definition) is 1. The van der Waals surface area contributed by atoms with Gasteiger partial charge in [0.05, 0.1) is 11.8 Å². The number of halogens is 1. The molecule has 1 aromatic heterocycles. The quantitative estimate of drug-likeness (QED) is 0.817. The maximum atomic E-state index is 13.6. The Labute approximate surface area is 106 Å². The Balaban J connectivity index is 1.79. The van der Waals surface area contributed by atoms with Crippen molar-refractivity contribution in [2.45, 2.75) is 44.2 Å². The van der Waals surface area contributed by atoms with Crippen LogP contribution >= 0.6 is 0 Å². The molecule has 2 atom stereocenters. The fourth-order valence-electron chi connectivity index (χ4n) is 3.27. The van der Waals surface area contributed by atoms with E-state index in [2.05, 4.69) is 10.3 Å². The van der Waals surface area contributed by atoms with E-state index >= 15 is 0 Å². The van der Waals surface area contributed by atoms with Crippen LogP contribution in [-0.4, -0.2) is 22.9 Å². The van der Waals surface area contributed by atoms with Crippen LogP contribution in [0.4, 0.5) is 4.39 Å². The third kappa shape index (κ3) is 2.17. The van der Waals surface area contributed by atoms with Crippen molar-refractivity contribution in [1.82, 2.24) is 10.3 Å². The van der Waals surface area contributed by atoms with E-state index in [1.807, 2.05) is 0 Å². The number of aromatic nitrogens is 1. The number of Topliss-reactive ketones (excluding diaryl/α,β-unsaturated/α-hetero) is 1. The number of ketones is 1. The minimum atomic E-state index is -0.494. The van der Waals surface area contributed by atoms with Gasteiger partial charge in [-0.05, 0) is 31.7 Å². The molecule has 3 rings (SSSR count). The van der Waals surface area contributed by atoms with Crippen LogP contribution in [0.1, 0.15) is 42.5 Å². The number of piperidine rings is 2. The Kier molecular flexibility index (Phi) is 3.12. The monoisotopic (exact) mass is 248 g/mol. The van der Waals surface area contributed by atoms with Gasteiger partial charge in [-0.2, -0.15) is 0 Å². The van der Waals surface area contributed by atoms with Crippen molar-refractivity contribution >= 4 is 5.78 Å². The Morgan fingerprint density at radius 1 is 1.33 bits per heavy atom. The van der Waals surface area contributed by atoms with Gasteiger partial charge in [0.2, 0.25) is 0 Å². The van der Waals surface area contributed by atoms with E-state index in [1.54, 1.807) is 0 Å². The standard InChI is InChI=1S/C14H17FN2O/c15-13-8-16-5-4-12(13)14(18)9-6-10-2-1-3-11(7-9)17-10/h4-5,8-11,17H,1-3,6-7H2. The number of nitrogens with one attached hydrogen (secondary N) is 1. The van der Waals surface area contributed by atoms with E-state index in [-0.39, 0.29) is 17.3 Å². The SMILES string of the molecule is O=C(c1ccncc1F)C1CC2CCCC(C1)N2. The summed E-state index contributed by atoms with van der Waals surface area (Å²) in [5, 5.41) is 3.55. The molecule has 18 heavy (non-hydrogen) atoms. The average molecular weight is 248 g/mol. The second-order valence-corrected chi connectivity index (χ2v) is 5.38. The molecule has 2 unspecified atom stereocenters. The van der Waals surface area contributed by atoms with E-state index in [0.29, 0.717) is 12.1 Å². The number of carbonyl (C=O) groups is 1. The summed E-state index contributed by atoms with van der Waals surface area (Å²) in [6.07, 6.45) is 7.81. The molecule has 2 saturated heterocycles. The molecule has 2 fully saturated rings. The highest BCUT2D eigenvalue weighted by molar-refractivity contribution is 5.98. The third-order valence-electron chi connectivity index (χ3n) is 4.12. The van der Waals surface area contributed by atoms with Crippen LogP contribution in [0.3, 0.4) is 0 Å². The van der Waals surface area contributed by atoms with Gasteiger partial charge >= 0.3 is 0 Å². The summed E-state index contributed by atoms with van der Waals surface area (Å²) < 4.78 is 13.6. The van der Waals surface area contributed by atoms with E-state index in [1.165, 1.54) is 18.7 Å². The summed E-state index contributed by atoms with van der Waals surface area (Å²) in [7, 11) is 0. The lowest BCUT2D eigenvalue weighted by Crippen LogP contribution is -2.50. The molecule has 0 aliphatic carbocycles. The first-order valence-electron chi connectivity index (χ1n) is 6.64. The molecule has 96 valence electrons. The molecule has 3 heterocycles. The Morgan fingerprint density at radius 3 is 2.72 bits per heavy atom. The van der Waals surface area contributed by atoms with E-state index in [0.717, 1.165) is 31.9 Å². The maximum absolute atomic E-state index is 13.6. The smallest absolute Gasteiger partial charge is 0.169 e. The number of hydrogen-bond acceptors (Lipinski definition) is 3. The maximum Gasteiger partial charge on any atom is 0.169 e. The zero-order valence-corrected chi connectivity index (χ0v) is 10.2. The van der Waals surface area contributed by atoms with Crippen LogP contribution in [0.2, 0.25) is 0 Å². The highest BCUT2D eigenvalue weighted by Gasteiger charge is 2.35. The molecule has 1 aromatic rings. The van der Waals surface area contributed by atoms with Crippen molar-refractivity contribution in [2.75, 3.05) is 0 Å². The lowest BCUT2D eigenvalue weighted by Gasteiger charge is -2.39. The van der Waals surface area contributed by atoms with Gasteiger partial charge in [0.1, 0.15) is 0 Å². The molecule has 2 bridgehead atoms. The summed E-state index contributed by atoms with van der Waals surface area (Å²) in [6, 6.07) is 2.38. The zero-order chi connectivity index (χ0) is 12.5. The summed E-state index contributed by atoms with van der Waals surface area (Å²) >= 11 is 0. The van der Waals surface area contributed by atoms with Crippen LogP contribution in [0.15, 0.2) is 18.5 Å². The average Bonchev–Trinajstić information content (AvgIpc) is 2.38. The number of carbonyl (C=O) groups excluding carboxylic acids is 1. The summed E-state index contributed by atoms with van der Waals surface area (Å²) in [4.78, 5) is 16.0. The largest absolute Gasteiger partial charge is 0.311 e. The van der Waals surface area contributed by atoms with Gasteiger partial charge in [0.25, 0.3) is 0 Å². The highest BCUT2D eigenvalue weighted by atomic mass is 19.1. The zero-order valence-electron chi connectivity index (χ0n) is 10.2. The van der Waals surface area contributed by atoms with Crippen LogP contribution in [0.25, 0.3) is 0 Å². The number of nitrogens with zero attached hydrogens (tertiary/aromatic N) is 1. The van der Waals surface area contributed by atoms with Crippen molar-refractivity contribution in [3.05, 3.63) is 29.8 Å². The first kappa shape index (κ1) is 11.8. The molecule has 0 radical (unpaired) electrons. The lowest BCUT2D eigenvalue weighted by molar-refractivity contribution is 0.0820. The van der Waals surface area contributed by atoms with Gasteiger partial charge in [-0.25, -0.2) is 4.39 Å². The molecule has 2 aliphatic rings. The molecule has 3 nitrogen and oxygen atoms in total. The molecule has 2 aliphatic heterocycles. The fraction of sp³-hybridized carbons (Fsp3) is 0.571.